The summed E-state index contributed by atoms with van der Waals surface area (Å²) in [5, 5.41) is 17.7. The molecule has 0 aliphatic heterocycles. The number of carboxylic acids is 1. The lowest BCUT2D eigenvalue weighted by atomic mass is 10.2. The Morgan fingerprint density at radius 1 is 1.47 bits per heavy atom. The number of nitrogens with two attached hydrogens (primary N) is 2. The molecule has 0 heterocycles. The van der Waals surface area contributed by atoms with Crippen molar-refractivity contribution in [3.63, 3.8) is 0 Å². The Morgan fingerprint density at radius 3 is 2.29 bits per heavy atom. The van der Waals surface area contributed by atoms with E-state index in [1.807, 2.05) is 13.8 Å². The molecular formula is C10H24N4O3. The van der Waals surface area contributed by atoms with Crippen LogP contribution in [0.15, 0.2) is 0 Å². The van der Waals surface area contributed by atoms with Crippen molar-refractivity contribution in [1.82, 2.24) is 5.32 Å². The van der Waals surface area contributed by atoms with Gasteiger partial charge in [0.1, 0.15) is 6.04 Å². The molecule has 0 bridgehead atoms. The molecule has 0 fully saturated rings. The van der Waals surface area contributed by atoms with Crippen molar-refractivity contribution in [2.24, 2.45) is 11.5 Å². The number of aliphatic carboxylic acids is 1. The summed E-state index contributed by atoms with van der Waals surface area (Å²) in [4.78, 5) is 10.2. The molecule has 0 aromatic rings. The van der Waals surface area contributed by atoms with Crippen LogP contribution in [0.25, 0.3) is 0 Å². The summed E-state index contributed by atoms with van der Waals surface area (Å²) in [6.45, 7) is 6.15. The minimum Gasteiger partial charge on any atom is -0.480 e. The van der Waals surface area contributed by atoms with Gasteiger partial charge in [0, 0.05) is 19.8 Å². The van der Waals surface area contributed by atoms with E-state index in [0.717, 1.165) is 13.2 Å². The van der Waals surface area contributed by atoms with E-state index in [9.17, 15) is 4.79 Å². The Kier molecular flexibility index (Phi) is 13.5. The number of hydrogen-bond donors (Lipinski definition) is 5. The lowest BCUT2D eigenvalue weighted by Crippen LogP contribution is -2.34. The molecule has 0 aromatic heterocycles. The number of ether oxygens (including phenoxy) is 1. The molecule has 0 rings (SSSR count). The normalized spacial score (nSPS) is 11.0. The first-order chi connectivity index (χ1) is 7.95. The van der Waals surface area contributed by atoms with Crippen LogP contribution in [0, 0.1) is 5.41 Å². The Morgan fingerprint density at radius 2 is 2.00 bits per heavy atom. The maximum absolute atomic E-state index is 10.2. The minimum atomic E-state index is -1.00. The van der Waals surface area contributed by atoms with Crippen molar-refractivity contribution in [3.05, 3.63) is 0 Å². The summed E-state index contributed by atoms with van der Waals surface area (Å²) in [6, 6.07) is -0.821. The fourth-order valence-electron chi connectivity index (χ4n) is 0.873. The van der Waals surface area contributed by atoms with Gasteiger partial charge in [-0.3, -0.25) is 10.2 Å². The summed E-state index contributed by atoms with van der Waals surface area (Å²) < 4.78 is 4.83. The van der Waals surface area contributed by atoms with Crippen LogP contribution in [-0.4, -0.2) is 42.8 Å². The molecule has 0 saturated heterocycles. The Bertz CT molecular complexity index is 210. The first-order valence-electron chi connectivity index (χ1n) is 5.59. The average molecular weight is 248 g/mol. The van der Waals surface area contributed by atoms with Crippen LogP contribution < -0.4 is 16.8 Å². The number of rotatable bonds is 7. The standard InChI is InChI=1S/C6H14N4O2.C4H10O/c7-4(5(11)12)2-1-3-10-6(8)9;1-3-5-4-2/h4H,1-3,7H2,(H,11,12)(H4,8,9,10);3-4H2,1-2H3/t4-;/m0./s1. The molecule has 0 radical (unpaired) electrons. The van der Waals surface area contributed by atoms with Gasteiger partial charge in [0.2, 0.25) is 0 Å². The third kappa shape index (κ3) is 17.3. The van der Waals surface area contributed by atoms with E-state index in [4.69, 9.17) is 26.7 Å². The zero-order valence-corrected chi connectivity index (χ0v) is 10.5. The first-order valence-corrected chi connectivity index (χ1v) is 5.59. The molecule has 0 saturated carbocycles. The van der Waals surface area contributed by atoms with Crippen molar-refractivity contribution < 1.29 is 14.6 Å². The van der Waals surface area contributed by atoms with Crippen molar-refractivity contribution >= 4 is 11.9 Å². The molecular weight excluding hydrogens is 224 g/mol. The highest BCUT2D eigenvalue weighted by molar-refractivity contribution is 5.74. The molecule has 7 nitrogen and oxygen atoms in total. The predicted octanol–water partition coefficient (Wildman–Crippen LogP) is -0.296. The molecule has 0 aliphatic carbocycles. The highest BCUT2D eigenvalue weighted by atomic mass is 16.5. The average Bonchev–Trinajstić information content (AvgIpc) is 2.25. The molecule has 0 amide bonds. The van der Waals surface area contributed by atoms with Gasteiger partial charge in [0.25, 0.3) is 0 Å². The van der Waals surface area contributed by atoms with Crippen molar-refractivity contribution in [2.45, 2.75) is 32.7 Å². The summed E-state index contributed by atoms with van der Waals surface area (Å²) >= 11 is 0. The van der Waals surface area contributed by atoms with Crippen LogP contribution in [0.1, 0.15) is 26.7 Å². The van der Waals surface area contributed by atoms with Crippen molar-refractivity contribution in [1.29, 1.82) is 5.41 Å². The van der Waals surface area contributed by atoms with Gasteiger partial charge in [0.05, 0.1) is 0 Å². The molecule has 0 aromatic carbocycles. The lowest BCUT2D eigenvalue weighted by Gasteiger charge is -2.06. The third-order valence-corrected chi connectivity index (χ3v) is 1.73. The van der Waals surface area contributed by atoms with Crippen LogP contribution in [0.2, 0.25) is 0 Å². The Balaban J connectivity index is 0. The summed E-state index contributed by atoms with van der Waals surface area (Å²) in [5.41, 5.74) is 10.2. The maximum Gasteiger partial charge on any atom is 0.320 e. The second kappa shape index (κ2) is 12.7. The van der Waals surface area contributed by atoms with Gasteiger partial charge in [-0.05, 0) is 26.7 Å². The second-order valence-corrected chi connectivity index (χ2v) is 3.21. The smallest absolute Gasteiger partial charge is 0.320 e. The minimum absolute atomic E-state index is 0.112. The monoisotopic (exact) mass is 248 g/mol. The van der Waals surface area contributed by atoms with E-state index in [2.05, 4.69) is 5.32 Å². The predicted molar refractivity (Wildman–Crippen MR) is 66.9 cm³/mol. The van der Waals surface area contributed by atoms with E-state index in [1.54, 1.807) is 0 Å². The third-order valence-electron chi connectivity index (χ3n) is 1.73. The molecule has 102 valence electrons. The van der Waals surface area contributed by atoms with Gasteiger partial charge in [-0.1, -0.05) is 0 Å². The van der Waals surface area contributed by atoms with Gasteiger partial charge in [-0.2, -0.15) is 0 Å². The summed E-state index contributed by atoms with van der Waals surface area (Å²) in [7, 11) is 0. The highest BCUT2D eigenvalue weighted by Crippen LogP contribution is 1.92. The van der Waals surface area contributed by atoms with E-state index < -0.39 is 12.0 Å². The SMILES string of the molecule is CCOCC.N=C(N)NCCC[C@H](N)C(=O)O. The van der Waals surface area contributed by atoms with Gasteiger partial charge in [-0.25, -0.2) is 0 Å². The molecule has 7 N–H and O–H groups in total. The van der Waals surface area contributed by atoms with Crippen LogP contribution in [0.3, 0.4) is 0 Å². The van der Waals surface area contributed by atoms with E-state index in [0.29, 0.717) is 19.4 Å². The number of guanidine groups is 1. The largest absolute Gasteiger partial charge is 0.480 e. The zero-order chi connectivity index (χ0) is 13.7. The van der Waals surface area contributed by atoms with Crippen molar-refractivity contribution in [3.8, 4) is 0 Å². The lowest BCUT2D eigenvalue weighted by molar-refractivity contribution is -0.138. The molecule has 0 spiro atoms. The van der Waals surface area contributed by atoms with Gasteiger partial charge in [0.15, 0.2) is 5.96 Å². The topological polar surface area (TPSA) is 134 Å². The maximum atomic E-state index is 10.2. The molecule has 17 heavy (non-hydrogen) atoms. The quantitative estimate of drug-likeness (QED) is 0.238. The van der Waals surface area contributed by atoms with Crippen LogP contribution in [0.5, 0.6) is 0 Å². The number of carboxylic acid groups (broad SMARTS) is 1. The molecule has 0 aliphatic rings. The fraction of sp³-hybridized carbons (Fsp3) is 0.800. The van der Waals surface area contributed by atoms with Crippen LogP contribution in [0.4, 0.5) is 0 Å². The van der Waals surface area contributed by atoms with Crippen molar-refractivity contribution in [2.75, 3.05) is 19.8 Å². The highest BCUT2D eigenvalue weighted by Gasteiger charge is 2.09. The number of carbonyl (C=O) groups is 1. The second-order valence-electron chi connectivity index (χ2n) is 3.21. The van der Waals surface area contributed by atoms with Crippen LogP contribution in [-0.2, 0) is 9.53 Å². The van der Waals surface area contributed by atoms with E-state index in [1.165, 1.54) is 0 Å². The fourth-order valence-corrected chi connectivity index (χ4v) is 0.873. The first kappa shape index (κ1) is 18.0. The number of nitrogens with one attached hydrogen (secondary N) is 2. The number of hydrogen-bond acceptors (Lipinski definition) is 4. The molecule has 0 unspecified atom stereocenters. The van der Waals surface area contributed by atoms with Gasteiger partial charge in [-0.15, -0.1) is 0 Å². The summed E-state index contributed by atoms with van der Waals surface area (Å²) in [5.74, 6) is -1.11. The van der Waals surface area contributed by atoms with E-state index in [-0.39, 0.29) is 5.96 Å². The van der Waals surface area contributed by atoms with Crippen LogP contribution >= 0.6 is 0 Å². The molecule has 1 atom stereocenters. The van der Waals surface area contributed by atoms with Gasteiger partial charge >= 0.3 is 5.97 Å². The Hall–Kier alpha value is -1.34. The van der Waals surface area contributed by atoms with E-state index >= 15 is 0 Å². The molecule has 7 heteroatoms. The van der Waals surface area contributed by atoms with Gasteiger partial charge < -0.3 is 26.6 Å². The Labute approximate surface area is 102 Å². The zero-order valence-electron chi connectivity index (χ0n) is 10.5. The summed E-state index contributed by atoms with van der Waals surface area (Å²) in [6.07, 6.45) is 0.975.